The fraction of sp³-hybridized carbons (Fsp3) is 0.308. The zero-order valence-corrected chi connectivity index (χ0v) is 12.3. The molecule has 0 aliphatic rings. The average Bonchev–Trinajstić information content (AvgIpc) is 2.90. The van der Waals surface area contributed by atoms with E-state index in [0.717, 1.165) is 17.1 Å². The third-order valence-corrected chi connectivity index (χ3v) is 3.59. The van der Waals surface area contributed by atoms with Crippen molar-refractivity contribution >= 4 is 17.4 Å². The molecule has 1 aromatic heterocycles. The van der Waals surface area contributed by atoms with Crippen molar-refractivity contribution < 1.29 is 14.3 Å². The van der Waals surface area contributed by atoms with Gasteiger partial charge in [-0.15, -0.1) is 5.10 Å². The first-order valence-electron chi connectivity index (χ1n) is 5.93. The molecular formula is C13H15N3O3S. The van der Waals surface area contributed by atoms with Crippen molar-refractivity contribution in [3.05, 3.63) is 34.3 Å². The largest absolute Gasteiger partial charge is 0.493 e. The van der Waals surface area contributed by atoms with Crippen LogP contribution in [0.15, 0.2) is 18.2 Å². The standard InChI is InChI=1S/C13H15N3O3S/c1-8-12(20-16-15-8)13(17)14-7-9-4-5-10(18-2)11(6-9)19-3/h4-6H,7H2,1-3H3,(H,14,17). The highest BCUT2D eigenvalue weighted by molar-refractivity contribution is 7.07. The van der Waals surface area contributed by atoms with Crippen LogP contribution in [0.3, 0.4) is 0 Å². The zero-order valence-electron chi connectivity index (χ0n) is 11.5. The fourth-order valence-electron chi connectivity index (χ4n) is 1.69. The Kier molecular flexibility index (Phi) is 4.52. The van der Waals surface area contributed by atoms with Gasteiger partial charge in [-0.2, -0.15) is 0 Å². The van der Waals surface area contributed by atoms with Crippen LogP contribution in [0.5, 0.6) is 11.5 Å². The number of benzene rings is 1. The molecule has 1 N–H and O–H groups in total. The number of carbonyl (C=O) groups is 1. The maximum atomic E-state index is 11.9. The van der Waals surface area contributed by atoms with Crippen molar-refractivity contribution in [2.45, 2.75) is 13.5 Å². The van der Waals surface area contributed by atoms with E-state index in [1.165, 1.54) is 0 Å². The van der Waals surface area contributed by atoms with Crippen LogP contribution in [-0.4, -0.2) is 29.7 Å². The van der Waals surface area contributed by atoms with Gasteiger partial charge in [0.05, 0.1) is 19.9 Å². The van der Waals surface area contributed by atoms with Gasteiger partial charge >= 0.3 is 0 Å². The number of carbonyl (C=O) groups excluding carboxylic acids is 1. The van der Waals surface area contributed by atoms with E-state index in [1.54, 1.807) is 27.2 Å². The smallest absolute Gasteiger partial charge is 0.265 e. The summed E-state index contributed by atoms with van der Waals surface area (Å²) in [6, 6.07) is 5.51. The van der Waals surface area contributed by atoms with Gasteiger partial charge in [-0.1, -0.05) is 10.6 Å². The first-order valence-corrected chi connectivity index (χ1v) is 6.71. The van der Waals surface area contributed by atoms with Gasteiger partial charge < -0.3 is 14.8 Å². The lowest BCUT2D eigenvalue weighted by atomic mass is 10.2. The second-order valence-electron chi connectivity index (χ2n) is 4.06. The first-order chi connectivity index (χ1) is 9.65. The monoisotopic (exact) mass is 293 g/mol. The summed E-state index contributed by atoms with van der Waals surface area (Å²) in [5.41, 5.74) is 1.56. The minimum Gasteiger partial charge on any atom is -0.493 e. The van der Waals surface area contributed by atoms with E-state index in [0.29, 0.717) is 28.6 Å². The second-order valence-corrected chi connectivity index (χ2v) is 4.81. The molecule has 106 valence electrons. The quantitative estimate of drug-likeness (QED) is 0.910. The van der Waals surface area contributed by atoms with Crippen LogP contribution in [0.4, 0.5) is 0 Å². The summed E-state index contributed by atoms with van der Waals surface area (Å²) in [4.78, 5) is 12.5. The predicted octanol–water partition coefficient (Wildman–Crippen LogP) is 1.79. The van der Waals surface area contributed by atoms with Crippen LogP contribution >= 0.6 is 11.5 Å². The third kappa shape index (κ3) is 3.05. The molecule has 0 aliphatic carbocycles. The number of methoxy groups -OCH3 is 2. The zero-order chi connectivity index (χ0) is 14.5. The molecule has 1 aromatic carbocycles. The molecule has 6 nitrogen and oxygen atoms in total. The summed E-state index contributed by atoms with van der Waals surface area (Å²) in [5, 5.41) is 6.64. The Hall–Kier alpha value is -2.15. The van der Waals surface area contributed by atoms with Crippen molar-refractivity contribution in [3.8, 4) is 11.5 Å². The highest BCUT2D eigenvalue weighted by Gasteiger charge is 2.13. The van der Waals surface area contributed by atoms with Gasteiger partial charge in [0.1, 0.15) is 4.88 Å². The van der Waals surface area contributed by atoms with Gasteiger partial charge in [-0.05, 0) is 36.2 Å². The van der Waals surface area contributed by atoms with E-state index < -0.39 is 0 Å². The van der Waals surface area contributed by atoms with Gasteiger partial charge in [-0.3, -0.25) is 4.79 Å². The highest BCUT2D eigenvalue weighted by Crippen LogP contribution is 2.27. The van der Waals surface area contributed by atoms with Crippen molar-refractivity contribution in [2.24, 2.45) is 0 Å². The van der Waals surface area contributed by atoms with Gasteiger partial charge in [0, 0.05) is 6.54 Å². The summed E-state index contributed by atoms with van der Waals surface area (Å²) in [5.74, 6) is 1.12. The molecule has 0 fully saturated rings. The van der Waals surface area contributed by atoms with Gasteiger partial charge in [0.25, 0.3) is 5.91 Å². The molecule has 2 aromatic rings. The van der Waals surface area contributed by atoms with Crippen molar-refractivity contribution in [1.29, 1.82) is 0 Å². The molecule has 0 atom stereocenters. The summed E-state index contributed by atoms with van der Waals surface area (Å²) in [7, 11) is 3.16. The summed E-state index contributed by atoms with van der Waals surface area (Å²) in [6.07, 6.45) is 0. The lowest BCUT2D eigenvalue weighted by molar-refractivity contribution is 0.0954. The number of aromatic nitrogens is 2. The lowest BCUT2D eigenvalue weighted by Crippen LogP contribution is -2.22. The Balaban J connectivity index is 2.04. The van der Waals surface area contributed by atoms with Crippen LogP contribution in [-0.2, 0) is 6.54 Å². The molecule has 1 heterocycles. The number of nitrogens with zero attached hydrogens (tertiary/aromatic N) is 2. The molecule has 0 radical (unpaired) electrons. The van der Waals surface area contributed by atoms with Crippen molar-refractivity contribution in [1.82, 2.24) is 14.9 Å². The summed E-state index contributed by atoms with van der Waals surface area (Å²) >= 11 is 1.09. The maximum absolute atomic E-state index is 11.9. The SMILES string of the molecule is COc1ccc(CNC(=O)c2snnc2C)cc1OC. The third-order valence-electron chi connectivity index (χ3n) is 2.76. The molecule has 20 heavy (non-hydrogen) atoms. The van der Waals surface area contributed by atoms with Crippen LogP contribution in [0.25, 0.3) is 0 Å². The average molecular weight is 293 g/mol. The highest BCUT2D eigenvalue weighted by atomic mass is 32.1. The number of rotatable bonds is 5. The number of hydrogen-bond acceptors (Lipinski definition) is 6. The number of aryl methyl sites for hydroxylation is 1. The predicted molar refractivity (Wildman–Crippen MR) is 75.4 cm³/mol. The molecule has 0 spiro atoms. The Labute approximate surface area is 120 Å². The second kappa shape index (κ2) is 6.33. The van der Waals surface area contributed by atoms with Crippen LogP contribution in [0, 0.1) is 6.92 Å². The summed E-state index contributed by atoms with van der Waals surface area (Å²) < 4.78 is 14.1. The van der Waals surface area contributed by atoms with Crippen LogP contribution < -0.4 is 14.8 Å². The minimum absolute atomic E-state index is 0.174. The number of hydrogen-bond donors (Lipinski definition) is 1. The van der Waals surface area contributed by atoms with Gasteiger partial charge in [0.2, 0.25) is 0 Å². The Bertz CT molecular complexity index is 613. The van der Waals surface area contributed by atoms with E-state index in [1.807, 2.05) is 12.1 Å². The Morgan fingerprint density at radius 2 is 2.05 bits per heavy atom. The van der Waals surface area contributed by atoms with E-state index in [9.17, 15) is 4.79 Å². The molecule has 7 heteroatoms. The summed E-state index contributed by atoms with van der Waals surface area (Å²) in [6.45, 7) is 2.16. The number of amides is 1. The molecule has 0 saturated heterocycles. The van der Waals surface area contributed by atoms with E-state index in [-0.39, 0.29) is 5.91 Å². The lowest BCUT2D eigenvalue weighted by Gasteiger charge is -2.10. The topological polar surface area (TPSA) is 73.3 Å². The first kappa shape index (κ1) is 14.3. The van der Waals surface area contributed by atoms with E-state index in [4.69, 9.17) is 9.47 Å². The number of ether oxygens (including phenoxy) is 2. The van der Waals surface area contributed by atoms with Crippen molar-refractivity contribution in [3.63, 3.8) is 0 Å². The van der Waals surface area contributed by atoms with Gasteiger partial charge in [0.15, 0.2) is 11.5 Å². The fourth-order valence-corrected chi connectivity index (χ4v) is 2.27. The Morgan fingerprint density at radius 1 is 1.30 bits per heavy atom. The molecule has 0 bridgehead atoms. The molecule has 0 unspecified atom stereocenters. The van der Waals surface area contributed by atoms with Crippen molar-refractivity contribution in [2.75, 3.05) is 14.2 Å². The van der Waals surface area contributed by atoms with Crippen LogP contribution in [0.2, 0.25) is 0 Å². The van der Waals surface area contributed by atoms with Gasteiger partial charge in [-0.25, -0.2) is 0 Å². The number of nitrogens with one attached hydrogen (secondary N) is 1. The molecule has 0 aliphatic heterocycles. The maximum Gasteiger partial charge on any atom is 0.265 e. The molecule has 0 saturated carbocycles. The molecule has 2 rings (SSSR count). The Morgan fingerprint density at radius 3 is 2.65 bits per heavy atom. The minimum atomic E-state index is -0.174. The van der Waals surface area contributed by atoms with E-state index >= 15 is 0 Å². The normalized spacial score (nSPS) is 10.2. The molecule has 1 amide bonds. The van der Waals surface area contributed by atoms with Crippen LogP contribution in [0.1, 0.15) is 20.9 Å². The molecular weight excluding hydrogens is 278 g/mol. The van der Waals surface area contributed by atoms with E-state index in [2.05, 4.69) is 14.9 Å².